The molecule has 0 fully saturated rings. The van der Waals surface area contributed by atoms with E-state index < -0.39 is 0 Å². The van der Waals surface area contributed by atoms with Crippen LogP contribution in [0.4, 0.5) is 0 Å². The molecule has 0 aliphatic heterocycles. The number of unbranched alkanes of at least 4 members (excludes halogenated alkanes) is 9. The zero-order valence-corrected chi connectivity index (χ0v) is 11.1. The van der Waals surface area contributed by atoms with Gasteiger partial charge in [-0.05, 0) is 13.3 Å². The fourth-order valence-corrected chi connectivity index (χ4v) is 1.93. The Morgan fingerprint density at radius 3 is 1.69 bits per heavy atom. The summed E-state index contributed by atoms with van der Waals surface area (Å²) in [6.45, 7) is 5.86. The first-order chi connectivity index (χ1) is 7.81. The number of rotatable bonds is 12. The van der Waals surface area contributed by atoms with Crippen molar-refractivity contribution in [2.75, 3.05) is 0 Å². The Labute approximate surface area is 102 Å². The van der Waals surface area contributed by atoms with E-state index in [2.05, 4.69) is 13.8 Å². The minimum Gasteiger partial charge on any atom is -0.300 e. The molecule has 0 unspecified atom stereocenters. The van der Waals surface area contributed by atoms with Crippen LogP contribution in [0.15, 0.2) is 0 Å². The van der Waals surface area contributed by atoms with Crippen molar-refractivity contribution < 1.29 is 4.79 Å². The summed E-state index contributed by atoms with van der Waals surface area (Å²) < 4.78 is 0. The van der Waals surface area contributed by atoms with Crippen LogP contribution in [-0.2, 0) is 4.79 Å². The van der Waals surface area contributed by atoms with Crippen molar-refractivity contribution in [2.45, 2.75) is 84.0 Å². The van der Waals surface area contributed by atoms with Crippen LogP contribution >= 0.6 is 0 Å². The molecule has 0 aliphatic carbocycles. The van der Waals surface area contributed by atoms with Gasteiger partial charge in [0.2, 0.25) is 0 Å². The maximum Gasteiger partial charge on any atom is 0.132 e. The molecule has 0 amide bonds. The molecule has 0 aromatic rings. The van der Waals surface area contributed by atoms with E-state index in [1.807, 2.05) is 0 Å². The van der Waals surface area contributed by atoms with Crippen molar-refractivity contribution in [2.24, 2.45) is 0 Å². The van der Waals surface area contributed by atoms with Gasteiger partial charge in [-0.2, -0.15) is 0 Å². The van der Waals surface area contributed by atoms with Crippen LogP contribution in [-0.4, -0.2) is 5.78 Å². The van der Waals surface area contributed by atoms with Gasteiger partial charge in [0.1, 0.15) is 5.78 Å². The number of Topliss-reactive ketones (excluding diaryl/α,β-unsaturated/α-hetero) is 1. The zero-order valence-electron chi connectivity index (χ0n) is 11.1. The second-order valence-electron chi connectivity index (χ2n) is 4.72. The van der Waals surface area contributed by atoms with Crippen molar-refractivity contribution in [1.29, 1.82) is 0 Å². The van der Waals surface area contributed by atoms with Crippen LogP contribution in [0.5, 0.6) is 0 Å². The largest absolute Gasteiger partial charge is 0.300 e. The molecule has 16 heavy (non-hydrogen) atoms. The molecule has 95 valence electrons. The van der Waals surface area contributed by atoms with E-state index in [0.29, 0.717) is 12.2 Å². The fourth-order valence-electron chi connectivity index (χ4n) is 1.93. The molecule has 0 aromatic carbocycles. The molecular weight excluding hydrogens is 196 g/mol. The molecule has 0 spiro atoms. The van der Waals surface area contributed by atoms with Gasteiger partial charge in [-0.15, -0.1) is 0 Å². The van der Waals surface area contributed by atoms with Crippen LogP contribution in [0.3, 0.4) is 0 Å². The molecule has 0 bridgehead atoms. The standard InChI is InChI=1S/C15H29O/c1-3-5-6-7-8-9-10-11-12-13-14-15(16)4-2/h2-14H2,1H3. The molecule has 1 heteroatoms. The molecule has 1 radical (unpaired) electrons. The van der Waals surface area contributed by atoms with Crippen LogP contribution in [0.25, 0.3) is 0 Å². The lowest BCUT2D eigenvalue weighted by Gasteiger charge is -2.01. The van der Waals surface area contributed by atoms with Crippen molar-refractivity contribution in [3.63, 3.8) is 0 Å². The third kappa shape index (κ3) is 11.7. The Kier molecular flexibility index (Phi) is 12.5. The smallest absolute Gasteiger partial charge is 0.132 e. The van der Waals surface area contributed by atoms with Gasteiger partial charge >= 0.3 is 0 Å². The second kappa shape index (κ2) is 12.7. The van der Waals surface area contributed by atoms with Gasteiger partial charge in [0.25, 0.3) is 0 Å². The number of hydrogen-bond acceptors (Lipinski definition) is 1. The maximum atomic E-state index is 11.0. The molecular formula is C15H29O. The highest BCUT2D eigenvalue weighted by Gasteiger charge is 1.97. The molecule has 0 N–H and O–H groups in total. The van der Waals surface area contributed by atoms with E-state index in [4.69, 9.17) is 0 Å². The number of ketones is 1. The summed E-state index contributed by atoms with van der Waals surface area (Å²) in [5, 5.41) is 0. The first-order valence-corrected chi connectivity index (χ1v) is 7.12. The van der Waals surface area contributed by atoms with E-state index >= 15 is 0 Å². The molecule has 0 aromatic heterocycles. The van der Waals surface area contributed by atoms with E-state index in [0.717, 1.165) is 12.8 Å². The Balaban J connectivity index is 2.96. The molecule has 0 rings (SSSR count). The van der Waals surface area contributed by atoms with E-state index in [1.54, 1.807) is 0 Å². The predicted octanol–water partition coefficient (Wildman–Crippen LogP) is 5.09. The Bertz CT molecular complexity index is 152. The lowest BCUT2D eigenvalue weighted by atomic mass is 10.0. The molecule has 0 aliphatic rings. The quantitative estimate of drug-likeness (QED) is 0.423. The summed E-state index contributed by atoms with van der Waals surface area (Å²) >= 11 is 0. The first kappa shape index (κ1) is 15.7. The van der Waals surface area contributed by atoms with Crippen molar-refractivity contribution in [3.05, 3.63) is 6.92 Å². The van der Waals surface area contributed by atoms with Crippen molar-refractivity contribution in [1.82, 2.24) is 0 Å². The minimum absolute atomic E-state index is 0.319. The summed E-state index contributed by atoms with van der Waals surface area (Å²) in [5.41, 5.74) is 0. The Hall–Kier alpha value is -0.330. The van der Waals surface area contributed by atoms with Gasteiger partial charge in [0.05, 0.1) is 0 Å². The Morgan fingerprint density at radius 2 is 1.25 bits per heavy atom. The topological polar surface area (TPSA) is 17.1 Å². The van der Waals surface area contributed by atoms with Gasteiger partial charge in [-0.25, -0.2) is 0 Å². The Morgan fingerprint density at radius 1 is 0.812 bits per heavy atom. The molecule has 0 heterocycles. The average Bonchev–Trinajstić information content (AvgIpc) is 2.31. The summed E-state index contributed by atoms with van der Waals surface area (Å²) in [6, 6.07) is 0. The van der Waals surface area contributed by atoms with Crippen LogP contribution in [0, 0.1) is 6.92 Å². The second-order valence-corrected chi connectivity index (χ2v) is 4.72. The van der Waals surface area contributed by atoms with Gasteiger partial charge < -0.3 is 0 Å². The van der Waals surface area contributed by atoms with Gasteiger partial charge in [-0.1, -0.05) is 64.7 Å². The normalized spacial score (nSPS) is 10.6. The highest BCUT2D eigenvalue weighted by molar-refractivity contribution is 5.78. The van der Waals surface area contributed by atoms with Crippen LogP contribution in [0.2, 0.25) is 0 Å². The van der Waals surface area contributed by atoms with E-state index in [-0.39, 0.29) is 0 Å². The molecule has 0 atom stereocenters. The van der Waals surface area contributed by atoms with Crippen molar-refractivity contribution in [3.8, 4) is 0 Å². The third-order valence-electron chi connectivity index (χ3n) is 3.09. The van der Waals surface area contributed by atoms with Crippen LogP contribution < -0.4 is 0 Å². The van der Waals surface area contributed by atoms with Gasteiger partial charge in [0.15, 0.2) is 0 Å². The first-order valence-electron chi connectivity index (χ1n) is 7.12. The SMILES string of the molecule is [CH2]CC(=O)CCCCCCCCCCCC. The number of carbonyl (C=O) groups excluding carboxylic acids is 1. The highest BCUT2D eigenvalue weighted by Crippen LogP contribution is 2.11. The maximum absolute atomic E-state index is 11.0. The predicted molar refractivity (Wildman–Crippen MR) is 71.4 cm³/mol. The summed E-state index contributed by atoms with van der Waals surface area (Å²) in [7, 11) is 0. The lowest BCUT2D eigenvalue weighted by Crippen LogP contribution is -1.94. The third-order valence-corrected chi connectivity index (χ3v) is 3.09. The molecule has 0 saturated heterocycles. The number of carbonyl (C=O) groups is 1. The lowest BCUT2D eigenvalue weighted by molar-refractivity contribution is -0.118. The molecule has 1 nitrogen and oxygen atoms in total. The van der Waals surface area contributed by atoms with Crippen LogP contribution in [0.1, 0.15) is 84.0 Å². The summed E-state index contributed by atoms with van der Waals surface area (Å²) in [5.74, 6) is 0.319. The minimum atomic E-state index is 0.319. The monoisotopic (exact) mass is 225 g/mol. The van der Waals surface area contributed by atoms with Gasteiger partial charge in [-0.3, -0.25) is 4.79 Å². The fraction of sp³-hybridized carbons (Fsp3) is 0.867. The number of hydrogen-bond donors (Lipinski definition) is 0. The average molecular weight is 225 g/mol. The van der Waals surface area contributed by atoms with E-state index in [9.17, 15) is 4.79 Å². The summed E-state index contributed by atoms with van der Waals surface area (Å²) in [4.78, 5) is 11.0. The highest BCUT2D eigenvalue weighted by atomic mass is 16.1. The molecule has 0 saturated carbocycles. The summed E-state index contributed by atoms with van der Waals surface area (Å²) in [6.07, 6.45) is 14.5. The van der Waals surface area contributed by atoms with E-state index in [1.165, 1.54) is 57.8 Å². The zero-order chi connectivity index (χ0) is 12.1. The van der Waals surface area contributed by atoms with Crippen molar-refractivity contribution >= 4 is 5.78 Å². The van der Waals surface area contributed by atoms with Gasteiger partial charge in [0, 0.05) is 12.8 Å².